The summed E-state index contributed by atoms with van der Waals surface area (Å²) in [5.41, 5.74) is 4.58. The number of halogens is 3. The first-order valence-electron chi connectivity index (χ1n) is 13.7. The Morgan fingerprint density at radius 1 is 0.905 bits per heavy atom. The Kier molecular flexibility index (Phi) is 10.1. The number of unbranched alkanes of at least 4 members (excludes halogenated alkanes) is 1. The SMILES string of the molecule is Cc1c(CC(=O)O)c2c(/C=C/c3ccc(OCCCCc4cc(F)c(F)c(F)c4)cc3)cccc2n1CCCC(=O)O. The molecule has 9 heteroatoms. The van der Waals surface area contributed by atoms with Crippen LogP contribution in [-0.2, 0) is 29.0 Å². The zero-order chi connectivity index (χ0) is 30.2. The number of carbonyl (C=O) groups is 2. The monoisotopic (exact) mass is 579 g/mol. The zero-order valence-electron chi connectivity index (χ0n) is 23.2. The molecule has 0 radical (unpaired) electrons. The van der Waals surface area contributed by atoms with Crippen molar-refractivity contribution >= 4 is 35.0 Å². The molecule has 0 spiro atoms. The molecular weight excluding hydrogens is 547 g/mol. The average Bonchev–Trinajstić information content (AvgIpc) is 3.21. The number of ether oxygens (including phenoxy) is 1. The van der Waals surface area contributed by atoms with Crippen molar-refractivity contribution in [1.82, 2.24) is 4.57 Å². The van der Waals surface area contributed by atoms with E-state index >= 15 is 0 Å². The summed E-state index contributed by atoms with van der Waals surface area (Å²) in [7, 11) is 0. The molecule has 0 atom stereocenters. The number of carboxylic acids is 2. The molecule has 4 rings (SSSR count). The molecule has 0 aliphatic carbocycles. The Labute approximate surface area is 241 Å². The van der Waals surface area contributed by atoms with Gasteiger partial charge in [0.15, 0.2) is 17.5 Å². The van der Waals surface area contributed by atoms with Crippen LogP contribution in [0.5, 0.6) is 5.75 Å². The average molecular weight is 580 g/mol. The van der Waals surface area contributed by atoms with E-state index in [9.17, 15) is 27.9 Å². The van der Waals surface area contributed by atoms with Gasteiger partial charge >= 0.3 is 11.9 Å². The van der Waals surface area contributed by atoms with Gasteiger partial charge in [0, 0.05) is 29.6 Å². The Hall–Kier alpha value is -4.53. The van der Waals surface area contributed by atoms with Crippen molar-refractivity contribution in [2.24, 2.45) is 0 Å². The summed E-state index contributed by atoms with van der Waals surface area (Å²) >= 11 is 0. The molecule has 0 bridgehead atoms. The molecule has 220 valence electrons. The third-order valence-corrected chi connectivity index (χ3v) is 7.12. The highest BCUT2D eigenvalue weighted by Gasteiger charge is 2.18. The fourth-order valence-electron chi connectivity index (χ4n) is 5.05. The predicted octanol–water partition coefficient (Wildman–Crippen LogP) is 7.43. The Bertz CT molecular complexity index is 1590. The first-order valence-corrected chi connectivity index (χ1v) is 13.7. The summed E-state index contributed by atoms with van der Waals surface area (Å²) in [5.74, 6) is -4.96. The highest BCUT2D eigenvalue weighted by molar-refractivity contribution is 5.97. The second-order valence-corrected chi connectivity index (χ2v) is 10.1. The van der Waals surface area contributed by atoms with Crippen LogP contribution in [0.4, 0.5) is 13.2 Å². The number of aromatic nitrogens is 1. The molecule has 0 saturated carbocycles. The third kappa shape index (κ3) is 7.60. The predicted molar refractivity (Wildman–Crippen MR) is 155 cm³/mol. The number of aliphatic carboxylic acids is 2. The van der Waals surface area contributed by atoms with Gasteiger partial charge in [0.25, 0.3) is 0 Å². The fraction of sp³-hybridized carbons (Fsp3) is 0.273. The lowest BCUT2D eigenvalue weighted by atomic mass is 10.0. The summed E-state index contributed by atoms with van der Waals surface area (Å²) in [5, 5.41) is 19.4. The summed E-state index contributed by atoms with van der Waals surface area (Å²) in [4.78, 5) is 22.7. The van der Waals surface area contributed by atoms with E-state index in [1.54, 1.807) is 0 Å². The summed E-state index contributed by atoms with van der Waals surface area (Å²) in [6.07, 6.45) is 5.89. The van der Waals surface area contributed by atoms with Crippen LogP contribution >= 0.6 is 0 Å². The topological polar surface area (TPSA) is 88.8 Å². The lowest BCUT2D eigenvalue weighted by Gasteiger charge is -2.08. The van der Waals surface area contributed by atoms with Crippen molar-refractivity contribution in [3.05, 3.63) is 100.0 Å². The number of fused-ring (bicyclic) bond motifs is 1. The minimum atomic E-state index is -1.46. The van der Waals surface area contributed by atoms with E-state index in [2.05, 4.69) is 0 Å². The molecule has 3 aromatic carbocycles. The van der Waals surface area contributed by atoms with E-state index in [0.29, 0.717) is 55.7 Å². The van der Waals surface area contributed by atoms with E-state index in [-0.39, 0.29) is 12.8 Å². The van der Waals surface area contributed by atoms with Gasteiger partial charge in [-0.2, -0.15) is 0 Å². The highest BCUT2D eigenvalue weighted by atomic mass is 19.2. The molecule has 0 amide bonds. The Balaban J connectivity index is 1.40. The molecule has 0 saturated heterocycles. The van der Waals surface area contributed by atoms with Crippen LogP contribution in [0.1, 0.15) is 53.6 Å². The first-order chi connectivity index (χ1) is 20.1. The van der Waals surface area contributed by atoms with E-state index < -0.39 is 29.4 Å². The van der Waals surface area contributed by atoms with Crippen molar-refractivity contribution in [3.8, 4) is 5.75 Å². The van der Waals surface area contributed by atoms with Crippen LogP contribution in [0.25, 0.3) is 23.1 Å². The van der Waals surface area contributed by atoms with Gasteiger partial charge in [-0.1, -0.05) is 36.4 Å². The van der Waals surface area contributed by atoms with Gasteiger partial charge in [0.2, 0.25) is 0 Å². The van der Waals surface area contributed by atoms with Crippen LogP contribution in [0, 0.1) is 24.4 Å². The Morgan fingerprint density at radius 2 is 1.62 bits per heavy atom. The van der Waals surface area contributed by atoms with Gasteiger partial charge in [-0.15, -0.1) is 0 Å². The molecule has 0 aliphatic heterocycles. The Morgan fingerprint density at radius 3 is 2.29 bits per heavy atom. The standard InChI is InChI=1S/C33H32F3NO5/c1-21-26(20-31(40)41)32-24(7-4-8-29(32)37(21)16-5-9-30(38)39)13-10-22-11-14-25(15-12-22)42-17-3-2-6-23-18-27(34)33(36)28(35)19-23/h4,7-8,10-15,18-19H,2-3,5-6,9,16-17,20H2,1H3,(H,38,39)(H,40,41)/b13-10+. The lowest BCUT2D eigenvalue weighted by molar-refractivity contribution is -0.137. The maximum Gasteiger partial charge on any atom is 0.307 e. The summed E-state index contributed by atoms with van der Waals surface area (Å²) in [6, 6.07) is 15.3. The van der Waals surface area contributed by atoms with Gasteiger partial charge < -0.3 is 19.5 Å². The second kappa shape index (κ2) is 13.9. The van der Waals surface area contributed by atoms with Crippen molar-refractivity contribution < 1.29 is 37.7 Å². The molecule has 6 nitrogen and oxygen atoms in total. The number of hydrogen-bond acceptors (Lipinski definition) is 3. The molecule has 2 N–H and O–H groups in total. The van der Waals surface area contributed by atoms with Crippen LogP contribution in [0.15, 0.2) is 54.6 Å². The van der Waals surface area contributed by atoms with Crippen LogP contribution in [0.3, 0.4) is 0 Å². The summed E-state index contributed by atoms with van der Waals surface area (Å²) < 4.78 is 47.6. The summed E-state index contributed by atoms with van der Waals surface area (Å²) in [6.45, 7) is 2.76. The molecule has 42 heavy (non-hydrogen) atoms. The number of carboxylic acid groups (broad SMARTS) is 2. The quantitative estimate of drug-likeness (QED) is 0.0922. The molecular formula is C33H32F3NO5. The first kappa shape index (κ1) is 30.4. The van der Waals surface area contributed by atoms with Gasteiger partial charge in [-0.3, -0.25) is 9.59 Å². The van der Waals surface area contributed by atoms with Crippen LogP contribution in [0.2, 0.25) is 0 Å². The lowest BCUT2D eigenvalue weighted by Crippen LogP contribution is -2.05. The van der Waals surface area contributed by atoms with Gasteiger partial charge in [0.05, 0.1) is 13.0 Å². The number of aryl methyl sites for hydroxylation is 2. The minimum Gasteiger partial charge on any atom is -0.494 e. The molecule has 1 heterocycles. The normalized spacial score (nSPS) is 11.4. The molecule has 1 aromatic heterocycles. The smallest absolute Gasteiger partial charge is 0.307 e. The number of rotatable bonds is 14. The fourth-order valence-corrected chi connectivity index (χ4v) is 5.05. The molecule has 0 aliphatic rings. The van der Waals surface area contributed by atoms with E-state index in [0.717, 1.165) is 39.9 Å². The van der Waals surface area contributed by atoms with Crippen molar-refractivity contribution in [3.63, 3.8) is 0 Å². The van der Waals surface area contributed by atoms with Gasteiger partial charge in [0.1, 0.15) is 5.75 Å². The molecule has 0 fully saturated rings. The molecule has 4 aromatic rings. The largest absolute Gasteiger partial charge is 0.494 e. The van der Waals surface area contributed by atoms with Gasteiger partial charge in [-0.05, 0) is 85.2 Å². The number of hydrogen-bond donors (Lipinski definition) is 2. The van der Waals surface area contributed by atoms with Crippen molar-refractivity contribution in [2.75, 3.05) is 6.61 Å². The van der Waals surface area contributed by atoms with Crippen LogP contribution in [-0.4, -0.2) is 33.3 Å². The number of benzene rings is 3. The van der Waals surface area contributed by atoms with Gasteiger partial charge in [-0.25, -0.2) is 13.2 Å². The van der Waals surface area contributed by atoms with E-state index in [1.807, 2.05) is 66.1 Å². The van der Waals surface area contributed by atoms with E-state index in [4.69, 9.17) is 9.84 Å². The number of nitrogens with zero attached hydrogens (tertiary/aromatic N) is 1. The third-order valence-electron chi connectivity index (χ3n) is 7.12. The zero-order valence-corrected chi connectivity index (χ0v) is 23.2. The van der Waals surface area contributed by atoms with E-state index in [1.165, 1.54) is 0 Å². The maximum absolute atomic E-state index is 13.3. The maximum atomic E-state index is 13.3. The minimum absolute atomic E-state index is 0.0329. The van der Waals surface area contributed by atoms with Crippen LogP contribution < -0.4 is 4.74 Å². The van der Waals surface area contributed by atoms with Crippen molar-refractivity contribution in [2.45, 2.75) is 52.0 Å². The highest BCUT2D eigenvalue weighted by Crippen LogP contribution is 2.31. The van der Waals surface area contributed by atoms with Crippen molar-refractivity contribution in [1.29, 1.82) is 0 Å². The second-order valence-electron chi connectivity index (χ2n) is 10.1. The molecule has 0 unspecified atom stereocenters.